The Balaban J connectivity index is 1.63. The van der Waals surface area contributed by atoms with Gasteiger partial charge >= 0.3 is 11.9 Å². The first-order valence-electron chi connectivity index (χ1n) is 14.1. The Kier molecular flexibility index (Phi) is 6.74. The van der Waals surface area contributed by atoms with Crippen LogP contribution in [-0.4, -0.2) is 53.8 Å². The molecule has 0 aromatic rings. The van der Waals surface area contributed by atoms with Crippen LogP contribution in [0.5, 0.6) is 0 Å². The Morgan fingerprint density at radius 2 is 1.79 bits per heavy atom. The lowest BCUT2D eigenvalue weighted by Crippen LogP contribution is -2.57. The number of hydrogen-bond acceptors (Lipinski definition) is 7. The van der Waals surface area contributed by atoms with Crippen molar-refractivity contribution >= 4 is 35.1 Å². The molecule has 0 saturated heterocycles. The Morgan fingerprint density at radius 1 is 1.11 bits per heavy atom. The number of rotatable bonds is 7. The molecule has 5 aliphatic carbocycles. The second-order valence-electron chi connectivity index (χ2n) is 12.6. The summed E-state index contributed by atoms with van der Waals surface area (Å²) in [7, 11) is 0. The Morgan fingerprint density at radius 3 is 2.39 bits per heavy atom. The van der Waals surface area contributed by atoms with Crippen molar-refractivity contribution < 1.29 is 28.7 Å². The smallest absolute Gasteiger partial charge is 0.323 e. The van der Waals surface area contributed by atoms with Crippen molar-refractivity contribution in [2.75, 3.05) is 19.6 Å². The predicted molar refractivity (Wildman–Crippen MR) is 142 cm³/mol. The number of carbonyl (C=O) groups excluding carboxylic acids is 4. The van der Waals surface area contributed by atoms with E-state index in [0.717, 1.165) is 24.8 Å². The topological polar surface area (TPSA) is 90.0 Å². The van der Waals surface area contributed by atoms with Crippen LogP contribution in [0.3, 0.4) is 0 Å². The molecule has 0 radical (unpaired) electrons. The summed E-state index contributed by atoms with van der Waals surface area (Å²) in [6, 6.07) is 0. The summed E-state index contributed by atoms with van der Waals surface area (Å²) in [5.41, 5.74) is 0.0691. The standard InChI is InChI=1S/C30H40ClNO6/c1-7-32(8-2)15-26(36)38-30(37-17(4)34)14-23(16(3)33)28(5)10-9-20-19(27(28)30)12-24(31)22-13-25(35)18-11-21(18)29(20,22)6/h12-13,18-21,23,27H,7-11,14-15H2,1-6H3/t18-,19-,20+,21+,23-,27+,28-,29+,30-/m1/s1. The van der Waals surface area contributed by atoms with Gasteiger partial charge in [-0.05, 0) is 74.1 Å². The molecule has 0 aliphatic heterocycles. The van der Waals surface area contributed by atoms with E-state index >= 15 is 0 Å². The third-order valence-corrected chi connectivity index (χ3v) is 11.1. The molecule has 3 fully saturated rings. The minimum absolute atomic E-state index is 0.00738. The molecular weight excluding hydrogens is 506 g/mol. The van der Waals surface area contributed by atoms with E-state index in [0.29, 0.717) is 18.1 Å². The third kappa shape index (κ3) is 3.94. The van der Waals surface area contributed by atoms with Crippen LogP contribution >= 0.6 is 11.6 Å². The first-order valence-corrected chi connectivity index (χ1v) is 14.5. The molecule has 0 aromatic heterocycles. The van der Waals surface area contributed by atoms with Gasteiger partial charge in [0.1, 0.15) is 5.78 Å². The highest BCUT2D eigenvalue weighted by molar-refractivity contribution is 6.32. The number of allylic oxidation sites excluding steroid dienone is 4. The molecule has 0 N–H and O–H groups in total. The monoisotopic (exact) mass is 545 g/mol. The van der Waals surface area contributed by atoms with Crippen LogP contribution in [0.25, 0.3) is 0 Å². The molecule has 9 atom stereocenters. The Labute approximate surface area is 230 Å². The number of esters is 2. The zero-order chi connectivity index (χ0) is 27.8. The van der Waals surface area contributed by atoms with Crippen molar-refractivity contribution in [2.45, 2.75) is 73.0 Å². The van der Waals surface area contributed by atoms with Crippen molar-refractivity contribution in [2.24, 2.45) is 46.3 Å². The lowest BCUT2D eigenvalue weighted by molar-refractivity contribution is -0.259. The van der Waals surface area contributed by atoms with Gasteiger partial charge < -0.3 is 9.47 Å². The maximum absolute atomic E-state index is 13.4. The Hall–Kier alpha value is -1.99. The first kappa shape index (κ1) is 27.6. The van der Waals surface area contributed by atoms with Crippen LogP contribution in [0.2, 0.25) is 0 Å². The number of ether oxygens (including phenoxy) is 2. The maximum atomic E-state index is 13.4. The molecule has 0 heterocycles. The van der Waals surface area contributed by atoms with E-state index in [2.05, 4.69) is 13.8 Å². The van der Waals surface area contributed by atoms with Gasteiger partial charge in [0.25, 0.3) is 5.79 Å². The number of hydrogen-bond donors (Lipinski definition) is 0. The molecule has 0 unspecified atom stereocenters. The molecule has 3 saturated carbocycles. The van der Waals surface area contributed by atoms with Gasteiger partial charge in [0.05, 0.1) is 6.54 Å². The van der Waals surface area contributed by atoms with Gasteiger partial charge in [-0.3, -0.25) is 24.1 Å². The highest BCUT2D eigenvalue weighted by atomic mass is 35.5. The van der Waals surface area contributed by atoms with E-state index < -0.39 is 35.0 Å². The van der Waals surface area contributed by atoms with Crippen molar-refractivity contribution in [3.05, 3.63) is 22.8 Å². The van der Waals surface area contributed by atoms with Crippen LogP contribution < -0.4 is 0 Å². The fourth-order valence-corrected chi connectivity index (χ4v) is 9.41. The van der Waals surface area contributed by atoms with Gasteiger partial charge in [-0.1, -0.05) is 45.4 Å². The lowest BCUT2D eigenvalue weighted by atomic mass is 9.47. The molecule has 0 spiro atoms. The van der Waals surface area contributed by atoms with E-state index in [-0.39, 0.29) is 53.6 Å². The molecule has 5 aliphatic rings. The molecule has 0 amide bonds. The molecular formula is C30H40ClNO6. The summed E-state index contributed by atoms with van der Waals surface area (Å²) in [5.74, 6) is -3.05. The average Bonchev–Trinajstić information content (AvgIpc) is 3.60. The summed E-state index contributed by atoms with van der Waals surface area (Å²) >= 11 is 6.95. The maximum Gasteiger partial charge on any atom is 0.323 e. The average molecular weight is 546 g/mol. The second kappa shape index (κ2) is 9.29. The van der Waals surface area contributed by atoms with Gasteiger partial charge in [0, 0.05) is 41.5 Å². The van der Waals surface area contributed by atoms with Crippen molar-refractivity contribution in [1.29, 1.82) is 0 Å². The number of carbonyl (C=O) groups is 4. The fourth-order valence-electron chi connectivity index (χ4n) is 9.00. The number of nitrogens with zero attached hydrogens (tertiary/aromatic N) is 1. The van der Waals surface area contributed by atoms with Crippen LogP contribution in [0, 0.1) is 46.3 Å². The normalized spacial score (nSPS) is 42.7. The second-order valence-corrected chi connectivity index (χ2v) is 13.0. The van der Waals surface area contributed by atoms with Crippen LogP contribution in [0.15, 0.2) is 22.8 Å². The number of halogens is 1. The number of ketones is 2. The van der Waals surface area contributed by atoms with E-state index in [1.165, 1.54) is 6.92 Å². The number of fused-ring (bicyclic) bond motifs is 7. The van der Waals surface area contributed by atoms with Gasteiger partial charge in [-0.2, -0.15) is 0 Å². The van der Waals surface area contributed by atoms with Gasteiger partial charge in [-0.25, -0.2) is 0 Å². The predicted octanol–water partition coefficient (Wildman–Crippen LogP) is 4.68. The summed E-state index contributed by atoms with van der Waals surface area (Å²) in [4.78, 5) is 53.6. The minimum Gasteiger partial charge on any atom is -0.422 e. The summed E-state index contributed by atoms with van der Waals surface area (Å²) in [6.45, 7) is 12.6. The molecule has 0 bridgehead atoms. The lowest BCUT2D eigenvalue weighted by Gasteiger charge is -2.57. The summed E-state index contributed by atoms with van der Waals surface area (Å²) in [6.07, 6.45) is 6.33. The fraction of sp³-hybridized carbons (Fsp3) is 0.733. The van der Waals surface area contributed by atoms with Crippen LogP contribution in [-0.2, 0) is 28.7 Å². The molecule has 7 nitrogen and oxygen atoms in total. The van der Waals surface area contributed by atoms with Gasteiger partial charge in [-0.15, -0.1) is 0 Å². The van der Waals surface area contributed by atoms with E-state index in [4.69, 9.17) is 21.1 Å². The highest BCUT2D eigenvalue weighted by Gasteiger charge is 2.73. The van der Waals surface area contributed by atoms with Crippen LogP contribution in [0.4, 0.5) is 0 Å². The molecule has 208 valence electrons. The molecule has 8 heteroatoms. The highest BCUT2D eigenvalue weighted by Crippen LogP contribution is 2.73. The van der Waals surface area contributed by atoms with E-state index in [1.54, 1.807) is 13.0 Å². The Bertz CT molecular complexity index is 1140. The summed E-state index contributed by atoms with van der Waals surface area (Å²) < 4.78 is 12.3. The van der Waals surface area contributed by atoms with Crippen molar-refractivity contribution in [1.82, 2.24) is 4.90 Å². The van der Waals surface area contributed by atoms with Crippen molar-refractivity contribution in [3.8, 4) is 0 Å². The number of Topliss-reactive ketones (excluding diaryl/α,β-unsaturated/α-hetero) is 1. The van der Waals surface area contributed by atoms with Crippen molar-refractivity contribution in [3.63, 3.8) is 0 Å². The SMILES string of the molecule is CCN(CC)CC(=O)O[C@]1(OC(C)=O)C[C@H](C(C)=O)[C@@]2(C)CC[C@H]3[C@@H](C=C(Cl)C4=CC(=O)[C@@H]5C[C@@H]5[C@@]43C)[C@H]12. The van der Waals surface area contributed by atoms with Gasteiger partial charge in [0.2, 0.25) is 0 Å². The largest absolute Gasteiger partial charge is 0.422 e. The zero-order valence-electron chi connectivity index (χ0n) is 23.3. The minimum atomic E-state index is -1.57. The molecule has 38 heavy (non-hydrogen) atoms. The quantitative estimate of drug-likeness (QED) is 0.339. The number of likely N-dealkylation sites (N-methyl/N-ethyl adjacent to an activating group) is 1. The molecule has 5 rings (SSSR count). The first-order chi connectivity index (χ1) is 17.8. The van der Waals surface area contributed by atoms with E-state index in [9.17, 15) is 19.2 Å². The molecule has 0 aromatic carbocycles. The van der Waals surface area contributed by atoms with E-state index in [1.807, 2.05) is 24.8 Å². The third-order valence-electron chi connectivity index (χ3n) is 10.8. The summed E-state index contributed by atoms with van der Waals surface area (Å²) in [5, 5.41) is 0.550. The zero-order valence-corrected chi connectivity index (χ0v) is 24.1. The van der Waals surface area contributed by atoms with Crippen LogP contribution in [0.1, 0.15) is 67.2 Å². The van der Waals surface area contributed by atoms with Gasteiger partial charge in [0.15, 0.2) is 5.78 Å².